The van der Waals surface area contributed by atoms with Gasteiger partial charge < -0.3 is 19.6 Å². The van der Waals surface area contributed by atoms with E-state index < -0.39 is 5.60 Å². The Labute approximate surface area is 130 Å². The van der Waals surface area contributed by atoms with E-state index in [0.717, 1.165) is 18.8 Å². The van der Waals surface area contributed by atoms with Gasteiger partial charge in [-0.2, -0.15) is 0 Å². The highest BCUT2D eigenvalue weighted by molar-refractivity contribution is 5.76. The highest BCUT2D eigenvalue weighted by atomic mass is 16.5. The van der Waals surface area contributed by atoms with Crippen LogP contribution in [-0.2, 0) is 9.53 Å². The van der Waals surface area contributed by atoms with E-state index in [-0.39, 0.29) is 5.91 Å². The minimum Gasteiger partial charge on any atom is -0.386 e. The lowest BCUT2D eigenvalue weighted by molar-refractivity contribution is -0.134. The van der Waals surface area contributed by atoms with Crippen LogP contribution in [0.2, 0.25) is 0 Å². The van der Waals surface area contributed by atoms with Gasteiger partial charge in [0, 0.05) is 39.6 Å². The van der Waals surface area contributed by atoms with E-state index in [1.165, 1.54) is 0 Å². The second-order valence-corrected chi connectivity index (χ2v) is 5.81. The number of ether oxygens (including phenoxy) is 1. The molecule has 1 fully saturated rings. The molecule has 1 saturated heterocycles. The maximum Gasteiger partial charge on any atom is 0.224 e. The van der Waals surface area contributed by atoms with Crippen LogP contribution in [0.5, 0.6) is 0 Å². The van der Waals surface area contributed by atoms with E-state index >= 15 is 0 Å². The highest BCUT2D eigenvalue weighted by Crippen LogP contribution is 2.25. The van der Waals surface area contributed by atoms with Crippen molar-refractivity contribution >= 4 is 11.7 Å². The fourth-order valence-electron chi connectivity index (χ4n) is 2.80. The van der Waals surface area contributed by atoms with Crippen molar-refractivity contribution in [2.24, 2.45) is 0 Å². The number of carbonyl (C=O) groups excluding carboxylic acids is 1. The van der Waals surface area contributed by atoms with Crippen LogP contribution in [0.1, 0.15) is 19.3 Å². The van der Waals surface area contributed by atoms with Crippen molar-refractivity contribution in [1.29, 1.82) is 0 Å². The molecular formula is C15H24N4O3. The van der Waals surface area contributed by atoms with Crippen LogP contribution < -0.4 is 4.90 Å². The molecule has 1 unspecified atom stereocenters. The Morgan fingerprint density at radius 2 is 2.36 bits per heavy atom. The Morgan fingerprint density at radius 3 is 3.05 bits per heavy atom. The summed E-state index contributed by atoms with van der Waals surface area (Å²) in [5, 5.41) is 10.8. The number of aliphatic hydroxyl groups is 1. The smallest absolute Gasteiger partial charge is 0.224 e. The monoisotopic (exact) mass is 308 g/mol. The van der Waals surface area contributed by atoms with Crippen molar-refractivity contribution < 1.29 is 14.6 Å². The van der Waals surface area contributed by atoms with Gasteiger partial charge in [0.05, 0.1) is 31.4 Å². The zero-order valence-corrected chi connectivity index (χ0v) is 13.2. The van der Waals surface area contributed by atoms with Gasteiger partial charge in [-0.1, -0.05) is 0 Å². The standard InChI is InChI=1S/C15H24N4O3/c1-18(14(20)4-9-22-2)11-15(21)5-3-8-19(12-15)13-10-16-6-7-17-13/h6-7,10,21H,3-5,8-9,11-12H2,1-2H3. The predicted molar refractivity (Wildman–Crippen MR) is 82.6 cm³/mol. The molecule has 0 saturated carbocycles. The summed E-state index contributed by atoms with van der Waals surface area (Å²) in [7, 11) is 3.29. The number of likely N-dealkylation sites (N-methyl/N-ethyl adjacent to an activating group) is 1. The average molecular weight is 308 g/mol. The van der Waals surface area contributed by atoms with E-state index in [0.29, 0.717) is 32.5 Å². The molecular weight excluding hydrogens is 284 g/mol. The van der Waals surface area contributed by atoms with Crippen LogP contribution >= 0.6 is 0 Å². The van der Waals surface area contributed by atoms with Gasteiger partial charge in [0.15, 0.2) is 0 Å². The molecule has 22 heavy (non-hydrogen) atoms. The number of rotatable bonds is 6. The third-order valence-corrected chi connectivity index (χ3v) is 3.91. The summed E-state index contributed by atoms with van der Waals surface area (Å²) in [5.41, 5.74) is -0.923. The summed E-state index contributed by atoms with van der Waals surface area (Å²) in [4.78, 5) is 23.9. The van der Waals surface area contributed by atoms with Gasteiger partial charge in [0.2, 0.25) is 5.91 Å². The van der Waals surface area contributed by atoms with Crippen molar-refractivity contribution in [3.05, 3.63) is 18.6 Å². The minimum absolute atomic E-state index is 0.0214. The van der Waals surface area contributed by atoms with Crippen LogP contribution in [0.15, 0.2) is 18.6 Å². The van der Waals surface area contributed by atoms with Crippen molar-refractivity contribution in [2.75, 3.05) is 45.3 Å². The second-order valence-electron chi connectivity index (χ2n) is 5.81. The van der Waals surface area contributed by atoms with E-state index in [1.54, 1.807) is 37.6 Å². The third kappa shape index (κ3) is 4.38. The molecule has 0 bridgehead atoms. The van der Waals surface area contributed by atoms with Gasteiger partial charge in [-0.15, -0.1) is 0 Å². The molecule has 1 aromatic rings. The zero-order valence-electron chi connectivity index (χ0n) is 13.2. The van der Waals surface area contributed by atoms with Crippen LogP contribution in [0.4, 0.5) is 5.82 Å². The maximum atomic E-state index is 12.0. The summed E-state index contributed by atoms with van der Waals surface area (Å²) in [5.74, 6) is 0.737. The molecule has 7 nitrogen and oxygen atoms in total. The van der Waals surface area contributed by atoms with Crippen molar-refractivity contribution in [3.8, 4) is 0 Å². The summed E-state index contributed by atoms with van der Waals surface area (Å²) in [6, 6.07) is 0. The summed E-state index contributed by atoms with van der Waals surface area (Å²) in [6.07, 6.45) is 6.82. The van der Waals surface area contributed by atoms with Crippen molar-refractivity contribution in [3.63, 3.8) is 0 Å². The predicted octanol–water partition coefficient (Wildman–Crippen LogP) is 0.303. The third-order valence-electron chi connectivity index (χ3n) is 3.91. The van der Waals surface area contributed by atoms with Gasteiger partial charge in [-0.25, -0.2) is 4.98 Å². The lowest BCUT2D eigenvalue weighted by atomic mass is 9.92. The molecule has 122 valence electrons. The highest BCUT2D eigenvalue weighted by Gasteiger charge is 2.35. The number of hydrogen-bond donors (Lipinski definition) is 1. The Morgan fingerprint density at radius 1 is 1.55 bits per heavy atom. The van der Waals surface area contributed by atoms with Crippen molar-refractivity contribution in [2.45, 2.75) is 24.9 Å². The first-order valence-corrected chi connectivity index (χ1v) is 7.50. The summed E-state index contributed by atoms with van der Waals surface area (Å²) >= 11 is 0. The number of methoxy groups -OCH3 is 1. The van der Waals surface area contributed by atoms with Gasteiger partial charge in [0.1, 0.15) is 5.82 Å². The van der Waals surface area contributed by atoms with Gasteiger partial charge in [-0.3, -0.25) is 9.78 Å². The lowest BCUT2D eigenvalue weighted by Crippen LogP contribution is -2.55. The number of anilines is 1. The molecule has 0 radical (unpaired) electrons. The molecule has 1 N–H and O–H groups in total. The van der Waals surface area contributed by atoms with Gasteiger partial charge in [0.25, 0.3) is 0 Å². The Hall–Kier alpha value is -1.73. The normalized spacial score (nSPS) is 21.7. The number of hydrogen-bond acceptors (Lipinski definition) is 6. The molecule has 7 heteroatoms. The SMILES string of the molecule is COCCC(=O)N(C)CC1(O)CCCN(c2cnccn2)C1. The van der Waals surface area contributed by atoms with E-state index in [9.17, 15) is 9.90 Å². The molecule has 2 rings (SSSR count). The lowest BCUT2D eigenvalue weighted by Gasteiger charge is -2.41. The Balaban J connectivity index is 1.96. The summed E-state index contributed by atoms with van der Waals surface area (Å²) in [6.45, 7) is 2.00. The number of β-amino-alcohol motifs (C(OH)–C–C–N with tert-alkyl or cyclic N) is 1. The fourth-order valence-corrected chi connectivity index (χ4v) is 2.80. The zero-order chi connectivity index (χ0) is 16.0. The largest absolute Gasteiger partial charge is 0.386 e. The molecule has 1 aliphatic rings. The molecule has 1 aliphatic heterocycles. The quantitative estimate of drug-likeness (QED) is 0.814. The Bertz CT molecular complexity index is 485. The van der Waals surface area contributed by atoms with Crippen LogP contribution in [-0.4, -0.2) is 71.9 Å². The minimum atomic E-state index is -0.923. The molecule has 0 spiro atoms. The first-order valence-electron chi connectivity index (χ1n) is 7.50. The average Bonchev–Trinajstić information content (AvgIpc) is 2.53. The van der Waals surface area contributed by atoms with Gasteiger partial charge >= 0.3 is 0 Å². The van der Waals surface area contributed by atoms with Crippen LogP contribution in [0.25, 0.3) is 0 Å². The number of amides is 1. The van der Waals surface area contributed by atoms with Gasteiger partial charge in [-0.05, 0) is 12.8 Å². The van der Waals surface area contributed by atoms with E-state index in [4.69, 9.17) is 4.74 Å². The topological polar surface area (TPSA) is 78.8 Å². The number of aromatic nitrogens is 2. The first kappa shape index (κ1) is 16.6. The molecule has 2 heterocycles. The number of nitrogens with zero attached hydrogens (tertiary/aromatic N) is 4. The van der Waals surface area contributed by atoms with E-state index in [1.807, 2.05) is 4.90 Å². The number of carbonyl (C=O) groups is 1. The van der Waals surface area contributed by atoms with Crippen LogP contribution in [0, 0.1) is 0 Å². The second kappa shape index (κ2) is 7.51. The maximum absolute atomic E-state index is 12.0. The fraction of sp³-hybridized carbons (Fsp3) is 0.667. The molecule has 0 aliphatic carbocycles. The Kier molecular flexibility index (Phi) is 5.68. The van der Waals surface area contributed by atoms with Crippen molar-refractivity contribution in [1.82, 2.24) is 14.9 Å². The molecule has 1 amide bonds. The number of piperidine rings is 1. The molecule has 1 aromatic heterocycles. The first-order chi connectivity index (χ1) is 10.5. The molecule has 1 atom stereocenters. The van der Waals surface area contributed by atoms with E-state index in [2.05, 4.69) is 9.97 Å². The van der Waals surface area contributed by atoms with Crippen LogP contribution in [0.3, 0.4) is 0 Å². The summed E-state index contributed by atoms with van der Waals surface area (Å²) < 4.78 is 4.92. The molecule has 0 aromatic carbocycles.